The van der Waals surface area contributed by atoms with Gasteiger partial charge in [0.1, 0.15) is 5.78 Å². The molecule has 0 N–H and O–H groups in total. The molecule has 0 aromatic carbocycles. The summed E-state index contributed by atoms with van der Waals surface area (Å²) in [6, 6.07) is 0. The summed E-state index contributed by atoms with van der Waals surface area (Å²) >= 11 is 0. The Morgan fingerprint density at radius 2 is 2.31 bits per heavy atom. The summed E-state index contributed by atoms with van der Waals surface area (Å²) in [5.41, 5.74) is 0.436. The summed E-state index contributed by atoms with van der Waals surface area (Å²) in [5.74, 6) is 1.59. The fourth-order valence-corrected chi connectivity index (χ4v) is 3.94. The topological polar surface area (TPSA) is 17.1 Å². The Hall–Kier alpha value is -0.590. The minimum Gasteiger partial charge on any atom is -0.299 e. The maximum Gasteiger partial charge on any atom is 0.140 e. The molecule has 1 spiro atoms. The lowest BCUT2D eigenvalue weighted by Gasteiger charge is -2.35. The summed E-state index contributed by atoms with van der Waals surface area (Å²) in [7, 11) is 0. The molecule has 13 heavy (non-hydrogen) atoms. The molecule has 0 aromatic heterocycles. The van der Waals surface area contributed by atoms with Gasteiger partial charge in [-0.05, 0) is 37.0 Å². The van der Waals surface area contributed by atoms with Crippen LogP contribution in [0.15, 0.2) is 12.2 Å². The minimum absolute atomic E-state index is 0.314. The van der Waals surface area contributed by atoms with Crippen molar-refractivity contribution >= 4 is 5.78 Å². The first-order chi connectivity index (χ1) is 6.33. The molecule has 0 aromatic rings. The Kier molecular flexibility index (Phi) is 1.47. The number of hydrogen-bond acceptors (Lipinski definition) is 1. The zero-order valence-corrected chi connectivity index (χ0v) is 7.96. The highest BCUT2D eigenvalue weighted by molar-refractivity contribution is 5.86. The summed E-state index contributed by atoms with van der Waals surface area (Å²) in [5, 5.41) is 0. The van der Waals surface area contributed by atoms with Gasteiger partial charge in [0, 0.05) is 12.3 Å². The molecule has 0 radical (unpaired) electrons. The lowest BCUT2D eigenvalue weighted by atomic mass is 9.68. The van der Waals surface area contributed by atoms with Gasteiger partial charge in [-0.1, -0.05) is 18.6 Å². The van der Waals surface area contributed by atoms with Crippen molar-refractivity contribution in [2.45, 2.75) is 38.5 Å². The maximum atomic E-state index is 11.8. The molecule has 0 amide bonds. The van der Waals surface area contributed by atoms with Gasteiger partial charge in [0.2, 0.25) is 0 Å². The molecule has 1 heteroatoms. The van der Waals surface area contributed by atoms with Crippen LogP contribution in [0.4, 0.5) is 0 Å². The van der Waals surface area contributed by atoms with E-state index in [4.69, 9.17) is 0 Å². The number of rotatable bonds is 0. The average molecular weight is 176 g/mol. The molecule has 3 atom stereocenters. The Labute approximate surface area is 79.2 Å². The van der Waals surface area contributed by atoms with Gasteiger partial charge in [0.05, 0.1) is 0 Å². The number of hydrogen-bond donors (Lipinski definition) is 0. The van der Waals surface area contributed by atoms with Crippen molar-refractivity contribution in [3.05, 3.63) is 12.2 Å². The van der Waals surface area contributed by atoms with Crippen LogP contribution >= 0.6 is 0 Å². The molecule has 3 rings (SSSR count). The van der Waals surface area contributed by atoms with Crippen molar-refractivity contribution in [2.24, 2.45) is 17.3 Å². The predicted molar refractivity (Wildman–Crippen MR) is 51.3 cm³/mol. The van der Waals surface area contributed by atoms with E-state index in [1.165, 1.54) is 32.1 Å². The lowest BCUT2D eigenvalue weighted by Crippen LogP contribution is -2.30. The molecular weight excluding hydrogens is 160 g/mol. The summed E-state index contributed by atoms with van der Waals surface area (Å²) in [6.45, 7) is 0. The fraction of sp³-hybridized carbons (Fsp3) is 0.750. The zero-order valence-electron chi connectivity index (χ0n) is 7.96. The van der Waals surface area contributed by atoms with E-state index < -0.39 is 0 Å². The molecular formula is C12H16O. The quantitative estimate of drug-likeness (QED) is 0.519. The monoisotopic (exact) mass is 176 g/mol. The lowest BCUT2D eigenvalue weighted by molar-refractivity contribution is -0.121. The highest BCUT2D eigenvalue weighted by Gasteiger charge is 2.55. The molecule has 0 aliphatic heterocycles. The van der Waals surface area contributed by atoms with E-state index in [9.17, 15) is 4.79 Å². The molecule has 2 saturated carbocycles. The number of allylic oxidation sites excluding steroid dienone is 2. The van der Waals surface area contributed by atoms with Crippen LogP contribution in [0, 0.1) is 17.3 Å². The van der Waals surface area contributed by atoms with Crippen LogP contribution in [0.2, 0.25) is 0 Å². The van der Waals surface area contributed by atoms with Crippen LogP contribution in [0.3, 0.4) is 0 Å². The molecule has 0 unspecified atom stereocenters. The van der Waals surface area contributed by atoms with Gasteiger partial charge in [-0.2, -0.15) is 0 Å². The van der Waals surface area contributed by atoms with Crippen LogP contribution in [0.25, 0.3) is 0 Å². The highest BCUT2D eigenvalue weighted by atomic mass is 16.1. The standard InChI is InChI=1S/C12H16O/c13-11-8-9-4-3-7-12(9)6-2-1-5-10(11)12/h1,5,9-10H,2-4,6-8H2/t9-,10-,12-/m1/s1. The molecule has 3 aliphatic carbocycles. The van der Waals surface area contributed by atoms with Crippen molar-refractivity contribution in [3.63, 3.8) is 0 Å². The van der Waals surface area contributed by atoms with Gasteiger partial charge < -0.3 is 0 Å². The van der Waals surface area contributed by atoms with E-state index in [1.54, 1.807) is 0 Å². The molecule has 1 nitrogen and oxygen atoms in total. The van der Waals surface area contributed by atoms with E-state index in [-0.39, 0.29) is 0 Å². The van der Waals surface area contributed by atoms with Gasteiger partial charge in [0.25, 0.3) is 0 Å². The highest BCUT2D eigenvalue weighted by Crippen LogP contribution is 2.60. The second kappa shape index (κ2) is 2.46. The van der Waals surface area contributed by atoms with Gasteiger partial charge in [-0.3, -0.25) is 4.79 Å². The van der Waals surface area contributed by atoms with E-state index in [1.807, 2.05) is 0 Å². The van der Waals surface area contributed by atoms with E-state index in [2.05, 4.69) is 12.2 Å². The first-order valence-electron chi connectivity index (χ1n) is 5.52. The van der Waals surface area contributed by atoms with Crippen LogP contribution in [-0.4, -0.2) is 5.78 Å². The Morgan fingerprint density at radius 3 is 3.23 bits per heavy atom. The summed E-state index contributed by atoms with van der Waals surface area (Å²) in [6.07, 6.45) is 11.8. The second-order valence-corrected chi connectivity index (χ2v) is 4.94. The normalized spacial score (nSPS) is 47.8. The Balaban J connectivity index is 2.05. The number of Topliss-reactive ketones (excluding diaryl/α,β-unsaturated/α-hetero) is 1. The van der Waals surface area contributed by atoms with Crippen molar-refractivity contribution < 1.29 is 4.79 Å². The first-order valence-corrected chi connectivity index (χ1v) is 5.52. The number of ketones is 1. The van der Waals surface area contributed by atoms with Gasteiger partial charge in [0.15, 0.2) is 0 Å². The van der Waals surface area contributed by atoms with E-state index in [0.717, 1.165) is 12.3 Å². The third kappa shape index (κ3) is 0.853. The Morgan fingerprint density at radius 1 is 1.38 bits per heavy atom. The third-order valence-corrected chi connectivity index (χ3v) is 4.53. The predicted octanol–water partition coefficient (Wildman–Crippen LogP) is 2.71. The summed E-state index contributed by atoms with van der Waals surface area (Å²) < 4.78 is 0. The fourth-order valence-electron chi connectivity index (χ4n) is 3.94. The molecule has 0 saturated heterocycles. The number of carbonyl (C=O) groups excluding carboxylic acids is 1. The maximum absolute atomic E-state index is 11.8. The third-order valence-electron chi connectivity index (χ3n) is 4.53. The largest absolute Gasteiger partial charge is 0.299 e. The number of carbonyl (C=O) groups is 1. The van der Waals surface area contributed by atoms with Crippen molar-refractivity contribution in [1.29, 1.82) is 0 Å². The molecule has 70 valence electrons. The van der Waals surface area contributed by atoms with Crippen LogP contribution in [0.1, 0.15) is 38.5 Å². The van der Waals surface area contributed by atoms with Gasteiger partial charge in [-0.25, -0.2) is 0 Å². The first kappa shape index (κ1) is 7.78. The SMILES string of the molecule is O=C1C[C@H]2CCC[C@]23CCC=C[C@H]13. The molecule has 0 bridgehead atoms. The smallest absolute Gasteiger partial charge is 0.140 e. The Bertz CT molecular complexity index is 279. The van der Waals surface area contributed by atoms with E-state index >= 15 is 0 Å². The minimum atomic E-state index is 0.314. The molecule has 0 heterocycles. The van der Waals surface area contributed by atoms with Crippen LogP contribution < -0.4 is 0 Å². The van der Waals surface area contributed by atoms with Crippen LogP contribution in [-0.2, 0) is 4.79 Å². The summed E-state index contributed by atoms with van der Waals surface area (Å²) in [4.78, 5) is 11.8. The van der Waals surface area contributed by atoms with Gasteiger partial charge in [-0.15, -0.1) is 0 Å². The van der Waals surface area contributed by atoms with E-state index in [0.29, 0.717) is 17.1 Å². The zero-order chi connectivity index (χ0) is 8.89. The van der Waals surface area contributed by atoms with Crippen LogP contribution in [0.5, 0.6) is 0 Å². The molecule has 2 fully saturated rings. The second-order valence-electron chi connectivity index (χ2n) is 4.94. The van der Waals surface area contributed by atoms with Gasteiger partial charge >= 0.3 is 0 Å². The van der Waals surface area contributed by atoms with Crippen molar-refractivity contribution in [2.75, 3.05) is 0 Å². The molecule has 3 aliphatic rings. The average Bonchev–Trinajstić information content (AvgIpc) is 2.60. The van der Waals surface area contributed by atoms with Crippen molar-refractivity contribution in [1.82, 2.24) is 0 Å². The van der Waals surface area contributed by atoms with Crippen molar-refractivity contribution in [3.8, 4) is 0 Å².